The summed E-state index contributed by atoms with van der Waals surface area (Å²) in [6, 6.07) is 12.6. The topological polar surface area (TPSA) is 46.5 Å². The summed E-state index contributed by atoms with van der Waals surface area (Å²) >= 11 is 1.70. The summed E-state index contributed by atoms with van der Waals surface area (Å²) in [7, 11) is 0. The van der Waals surface area contributed by atoms with Crippen LogP contribution in [0.5, 0.6) is 0 Å². The number of rotatable bonds is 5. The molecule has 3 nitrogen and oxygen atoms in total. The molecule has 0 radical (unpaired) electrons. The molecule has 0 unspecified atom stereocenters. The van der Waals surface area contributed by atoms with Crippen LogP contribution in [0, 0.1) is 12.1 Å². The Morgan fingerprint density at radius 3 is 2.44 bits per heavy atom. The van der Waals surface area contributed by atoms with Gasteiger partial charge in [0.1, 0.15) is 0 Å². The van der Waals surface area contributed by atoms with E-state index in [0.717, 1.165) is 11.3 Å². The number of hydrogen-bond donors (Lipinski definition) is 1. The Hall–Kier alpha value is -1.20. The highest BCUT2D eigenvalue weighted by Gasteiger charge is 2.02. The zero-order chi connectivity index (χ0) is 13.0. The van der Waals surface area contributed by atoms with Crippen LogP contribution in [0.2, 0.25) is 0 Å². The molecule has 0 aliphatic rings. The van der Waals surface area contributed by atoms with E-state index in [1.54, 1.807) is 11.3 Å². The van der Waals surface area contributed by atoms with Gasteiger partial charge < -0.3 is 10.4 Å². The van der Waals surface area contributed by atoms with E-state index in [0.29, 0.717) is 6.42 Å². The van der Waals surface area contributed by atoms with Gasteiger partial charge in [0.15, 0.2) is 0 Å². The highest BCUT2D eigenvalue weighted by atomic mass is 32.1. The Kier molecular flexibility index (Phi) is 4.49. The van der Waals surface area contributed by atoms with Crippen LogP contribution in [0.1, 0.15) is 20.9 Å². The molecule has 2 rings (SSSR count). The second-order valence-corrected chi connectivity index (χ2v) is 5.61. The van der Waals surface area contributed by atoms with Gasteiger partial charge in [0.05, 0.1) is 0 Å². The van der Waals surface area contributed by atoms with Crippen LogP contribution in [-0.4, -0.2) is 17.0 Å². The molecule has 1 aromatic heterocycles. The Morgan fingerprint density at radius 1 is 1.11 bits per heavy atom. The third-order valence-electron chi connectivity index (χ3n) is 2.77. The lowest BCUT2D eigenvalue weighted by Crippen LogP contribution is -2.13. The van der Waals surface area contributed by atoms with Crippen molar-refractivity contribution in [1.82, 2.24) is 5.23 Å². The second-order valence-electron chi connectivity index (χ2n) is 4.36. The minimum Gasteiger partial charge on any atom is -0.762 e. The maximum Gasteiger partial charge on any atom is 0.0152 e. The van der Waals surface area contributed by atoms with Crippen LogP contribution in [0.4, 0.5) is 0 Å². The van der Waals surface area contributed by atoms with Crippen molar-refractivity contribution in [1.29, 1.82) is 0 Å². The molecule has 0 aliphatic carbocycles. The van der Waals surface area contributed by atoms with Crippen molar-refractivity contribution in [2.75, 3.05) is 6.54 Å². The number of benzene rings is 1. The molecular weight excluding hydrogens is 246 g/mol. The van der Waals surface area contributed by atoms with E-state index in [9.17, 15) is 5.21 Å². The fourth-order valence-corrected chi connectivity index (χ4v) is 2.81. The van der Waals surface area contributed by atoms with Crippen molar-refractivity contribution >= 4 is 11.3 Å². The molecule has 0 bridgehead atoms. The third-order valence-corrected chi connectivity index (χ3v) is 3.91. The van der Waals surface area contributed by atoms with E-state index in [-0.39, 0.29) is 11.8 Å². The highest BCUT2D eigenvalue weighted by molar-refractivity contribution is 7.12. The van der Waals surface area contributed by atoms with Gasteiger partial charge in [0.2, 0.25) is 0 Å². The van der Waals surface area contributed by atoms with E-state index in [4.69, 9.17) is 5.21 Å². The van der Waals surface area contributed by atoms with Crippen LogP contribution in [0.3, 0.4) is 0 Å². The summed E-state index contributed by atoms with van der Waals surface area (Å²) in [5, 5.41) is 19.0. The van der Waals surface area contributed by atoms with E-state index in [1.165, 1.54) is 16.0 Å². The number of hydroxylamine groups is 2. The summed E-state index contributed by atoms with van der Waals surface area (Å²) in [6.45, 7) is 2.21. The average molecular weight is 262 g/mol. The van der Waals surface area contributed by atoms with Crippen LogP contribution in [0.25, 0.3) is 0 Å². The molecule has 0 fully saturated rings. The Balaban J connectivity index is 1.95. The van der Waals surface area contributed by atoms with E-state index >= 15 is 0 Å². The summed E-state index contributed by atoms with van der Waals surface area (Å²) in [4.78, 5) is 2.41. The summed E-state index contributed by atoms with van der Waals surface area (Å²) in [5.74, 6) is 0. The van der Waals surface area contributed by atoms with Gasteiger partial charge in [0.25, 0.3) is 0 Å². The Labute approximate surface area is 111 Å². The second kappa shape index (κ2) is 6.11. The lowest BCUT2D eigenvalue weighted by atomic mass is 10.1. The Morgan fingerprint density at radius 2 is 1.78 bits per heavy atom. The van der Waals surface area contributed by atoms with Gasteiger partial charge >= 0.3 is 0 Å². The number of hydrogen-bond acceptors (Lipinski definition) is 4. The Bertz CT molecular complexity index is 491. The van der Waals surface area contributed by atoms with Gasteiger partial charge in [-0.15, -0.1) is 11.3 Å². The van der Waals surface area contributed by atoms with Crippen molar-refractivity contribution in [2.45, 2.75) is 19.8 Å². The van der Waals surface area contributed by atoms with Crippen molar-refractivity contribution in [3.8, 4) is 0 Å². The van der Waals surface area contributed by atoms with Gasteiger partial charge in [-0.05, 0) is 31.0 Å². The molecule has 1 heterocycles. The van der Waals surface area contributed by atoms with E-state index in [2.05, 4.69) is 37.3 Å². The lowest BCUT2D eigenvalue weighted by molar-refractivity contribution is -0.0390. The maximum atomic E-state index is 10.4. The number of thiophene rings is 1. The van der Waals surface area contributed by atoms with Gasteiger partial charge in [0, 0.05) is 22.7 Å². The summed E-state index contributed by atoms with van der Waals surface area (Å²) in [5.41, 5.74) is 2.56. The molecule has 2 aromatic rings. The first kappa shape index (κ1) is 13.2. The average Bonchev–Trinajstić information content (AvgIpc) is 2.77. The first-order chi connectivity index (χ1) is 8.63. The van der Waals surface area contributed by atoms with Gasteiger partial charge in [-0.25, -0.2) is 0 Å². The normalized spacial score (nSPS) is 11.1. The molecule has 96 valence electrons. The van der Waals surface area contributed by atoms with Crippen LogP contribution >= 0.6 is 11.3 Å². The largest absolute Gasteiger partial charge is 0.762 e. The predicted octanol–water partition coefficient (Wildman–Crippen LogP) is 3.38. The van der Waals surface area contributed by atoms with Crippen molar-refractivity contribution in [3.05, 3.63) is 62.5 Å². The standard InChI is InChI=1S/C14H16NO2S/c1-11-2-4-12(5-3-11)10-14-7-6-13(18-14)8-9-15(16)17/h2-7,16H,8-10H2,1H3/q-1. The SMILES string of the molecule is Cc1ccc(Cc2ccc(CCN([O-])O)s2)cc1. The molecule has 0 spiro atoms. The predicted molar refractivity (Wildman–Crippen MR) is 73.9 cm³/mol. The molecule has 0 atom stereocenters. The molecule has 0 saturated carbocycles. The van der Waals surface area contributed by atoms with Crippen LogP contribution in [-0.2, 0) is 12.8 Å². The fourth-order valence-electron chi connectivity index (χ4n) is 1.76. The van der Waals surface area contributed by atoms with Crippen molar-refractivity contribution in [2.24, 2.45) is 0 Å². The minimum atomic E-state index is -0.0145. The molecule has 18 heavy (non-hydrogen) atoms. The van der Waals surface area contributed by atoms with E-state index in [1.807, 2.05) is 6.07 Å². The monoisotopic (exact) mass is 262 g/mol. The molecular formula is C14H16NO2S-. The van der Waals surface area contributed by atoms with Crippen LogP contribution < -0.4 is 0 Å². The first-order valence-electron chi connectivity index (χ1n) is 5.90. The minimum absolute atomic E-state index is 0.0145. The maximum absolute atomic E-state index is 10.4. The quantitative estimate of drug-likeness (QED) is 0.840. The third kappa shape index (κ3) is 3.92. The molecule has 4 heteroatoms. The number of nitrogens with zero attached hydrogens (tertiary/aromatic N) is 1. The van der Waals surface area contributed by atoms with Crippen molar-refractivity contribution < 1.29 is 5.21 Å². The molecule has 0 amide bonds. The van der Waals surface area contributed by atoms with Crippen LogP contribution in [0.15, 0.2) is 36.4 Å². The molecule has 1 aromatic carbocycles. The number of aryl methyl sites for hydroxylation is 1. The van der Waals surface area contributed by atoms with Gasteiger partial charge in [-0.1, -0.05) is 29.8 Å². The zero-order valence-corrected chi connectivity index (χ0v) is 11.1. The summed E-state index contributed by atoms with van der Waals surface area (Å²) in [6.07, 6.45) is 1.52. The van der Waals surface area contributed by atoms with E-state index < -0.39 is 0 Å². The molecule has 0 aliphatic heterocycles. The highest BCUT2D eigenvalue weighted by Crippen LogP contribution is 2.20. The van der Waals surface area contributed by atoms with Gasteiger partial charge in [-0.2, -0.15) is 0 Å². The fraction of sp³-hybridized carbons (Fsp3) is 0.286. The smallest absolute Gasteiger partial charge is 0.0152 e. The molecule has 0 saturated heterocycles. The molecule has 1 N–H and O–H groups in total. The first-order valence-corrected chi connectivity index (χ1v) is 6.72. The summed E-state index contributed by atoms with van der Waals surface area (Å²) < 4.78 is 0. The van der Waals surface area contributed by atoms with Gasteiger partial charge in [-0.3, -0.25) is 5.23 Å². The van der Waals surface area contributed by atoms with Crippen molar-refractivity contribution in [3.63, 3.8) is 0 Å². The zero-order valence-electron chi connectivity index (χ0n) is 10.3. The lowest BCUT2D eigenvalue weighted by Gasteiger charge is -2.17.